The molecule has 72 valence electrons. The Bertz CT molecular complexity index is 304. The van der Waals surface area contributed by atoms with E-state index in [0.29, 0.717) is 0 Å². The molecule has 0 unspecified atom stereocenters. The molecule has 0 amide bonds. The summed E-state index contributed by atoms with van der Waals surface area (Å²) in [6.45, 7) is -0.0670. The first-order chi connectivity index (χ1) is 6.20. The number of ether oxygens (including phenoxy) is 1. The van der Waals surface area contributed by atoms with Gasteiger partial charge in [-0.3, -0.25) is 4.84 Å². The molecule has 5 heteroatoms. The van der Waals surface area contributed by atoms with Crippen molar-refractivity contribution in [3.05, 3.63) is 23.5 Å². The average Bonchev–Trinajstić information content (AvgIpc) is 2.11. The van der Waals surface area contributed by atoms with E-state index in [1.807, 2.05) is 0 Å². The Morgan fingerprint density at radius 1 is 1.54 bits per heavy atom. The molecule has 0 saturated heterocycles. The van der Waals surface area contributed by atoms with Gasteiger partial charge in [-0.2, -0.15) is 0 Å². The maximum Gasteiger partial charge on any atom is 0.196 e. The highest BCUT2D eigenvalue weighted by Crippen LogP contribution is 2.30. The number of halogens is 1. The number of aromatic hydroxyl groups is 1. The molecule has 1 rings (SSSR count). The number of hydrogen-bond donors (Lipinski definition) is 2. The molecule has 1 aromatic rings. The van der Waals surface area contributed by atoms with Gasteiger partial charge in [0.05, 0.1) is 13.7 Å². The van der Waals surface area contributed by atoms with Gasteiger partial charge < -0.3 is 9.84 Å². The Labute approximate surface area is 74.6 Å². The van der Waals surface area contributed by atoms with Crippen molar-refractivity contribution in [2.24, 2.45) is 5.90 Å². The zero-order valence-electron chi connectivity index (χ0n) is 7.08. The molecule has 13 heavy (non-hydrogen) atoms. The van der Waals surface area contributed by atoms with Crippen LogP contribution >= 0.6 is 0 Å². The Kier molecular flexibility index (Phi) is 3.05. The van der Waals surface area contributed by atoms with Crippen LogP contribution in [0.3, 0.4) is 0 Å². The molecule has 3 N–H and O–H groups in total. The van der Waals surface area contributed by atoms with E-state index < -0.39 is 5.82 Å². The lowest BCUT2D eigenvalue weighted by molar-refractivity contribution is 0.121. The van der Waals surface area contributed by atoms with Crippen molar-refractivity contribution in [3.63, 3.8) is 0 Å². The van der Waals surface area contributed by atoms with E-state index >= 15 is 0 Å². The highest BCUT2D eigenvalue weighted by atomic mass is 19.1. The van der Waals surface area contributed by atoms with Gasteiger partial charge in [0.2, 0.25) is 0 Å². The molecular formula is C8H10FNO3. The van der Waals surface area contributed by atoms with Crippen LogP contribution < -0.4 is 10.6 Å². The maximum absolute atomic E-state index is 13.3. The lowest BCUT2D eigenvalue weighted by Crippen LogP contribution is -2.02. The SMILES string of the molecule is COc1c(O)ccc(CON)c1F. The van der Waals surface area contributed by atoms with Crippen LogP contribution in [0.25, 0.3) is 0 Å². The third-order valence-corrected chi connectivity index (χ3v) is 1.60. The van der Waals surface area contributed by atoms with Crippen LogP contribution in [0.1, 0.15) is 5.56 Å². The normalized spacial score (nSPS) is 10.1. The molecule has 0 saturated carbocycles. The summed E-state index contributed by atoms with van der Waals surface area (Å²) in [5, 5.41) is 9.15. The van der Waals surface area contributed by atoms with Crippen molar-refractivity contribution in [1.29, 1.82) is 0 Å². The molecule has 4 nitrogen and oxygen atoms in total. The minimum absolute atomic E-state index is 0.0670. The third kappa shape index (κ3) is 1.88. The van der Waals surface area contributed by atoms with Gasteiger partial charge in [-0.25, -0.2) is 10.3 Å². The second kappa shape index (κ2) is 4.06. The van der Waals surface area contributed by atoms with Crippen LogP contribution in [0, 0.1) is 5.82 Å². The van der Waals surface area contributed by atoms with Gasteiger partial charge in [0, 0.05) is 5.56 Å². The minimum Gasteiger partial charge on any atom is -0.504 e. The quantitative estimate of drug-likeness (QED) is 0.691. The van der Waals surface area contributed by atoms with Crippen molar-refractivity contribution < 1.29 is 19.1 Å². The summed E-state index contributed by atoms with van der Waals surface area (Å²) < 4.78 is 17.9. The van der Waals surface area contributed by atoms with Gasteiger partial charge in [-0.15, -0.1) is 0 Å². The van der Waals surface area contributed by atoms with E-state index in [-0.39, 0.29) is 23.7 Å². The molecule has 0 aliphatic rings. The summed E-state index contributed by atoms with van der Waals surface area (Å²) in [6, 6.07) is 2.69. The third-order valence-electron chi connectivity index (χ3n) is 1.60. The maximum atomic E-state index is 13.3. The molecule has 0 heterocycles. The van der Waals surface area contributed by atoms with E-state index in [4.69, 9.17) is 11.0 Å². The van der Waals surface area contributed by atoms with E-state index in [1.165, 1.54) is 19.2 Å². The molecule has 0 spiro atoms. The van der Waals surface area contributed by atoms with Crippen LogP contribution in [0.15, 0.2) is 12.1 Å². The van der Waals surface area contributed by atoms with Gasteiger partial charge in [0.1, 0.15) is 0 Å². The number of benzene rings is 1. The van der Waals surface area contributed by atoms with Gasteiger partial charge >= 0.3 is 0 Å². The molecule has 0 fully saturated rings. The molecule has 0 radical (unpaired) electrons. The highest BCUT2D eigenvalue weighted by Gasteiger charge is 2.12. The standard InChI is InChI=1S/C8H10FNO3/c1-12-8-6(11)3-2-5(4-13-10)7(8)9/h2-3,11H,4,10H2,1H3. The summed E-state index contributed by atoms with van der Waals surface area (Å²) in [7, 11) is 1.27. The van der Waals surface area contributed by atoms with Crippen molar-refractivity contribution in [3.8, 4) is 11.5 Å². The average molecular weight is 187 g/mol. The Balaban J connectivity index is 3.11. The van der Waals surface area contributed by atoms with E-state index in [0.717, 1.165) is 0 Å². The van der Waals surface area contributed by atoms with Crippen LogP contribution in [0.5, 0.6) is 11.5 Å². The number of rotatable bonds is 3. The Hall–Kier alpha value is -1.33. The first kappa shape index (κ1) is 9.76. The largest absolute Gasteiger partial charge is 0.504 e. The van der Waals surface area contributed by atoms with Gasteiger partial charge in [-0.1, -0.05) is 0 Å². The lowest BCUT2D eigenvalue weighted by Gasteiger charge is -2.07. The van der Waals surface area contributed by atoms with Crippen LogP contribution in [0.2, 0.25) is 0 Å². The second-order valence-electron chi connectivity index (χ2n) is 2.40. The van der Waals surface area contributed by atoms with E-state index in [1.54, 1.807) is 0 Å². The fourth-order valence-corrected chi connectivity index (χ4v) is 0.982. The fourth-order valence-electron chi connectivity index (χ4n) is 0.982. The number of nitrogens with two attached hydrogens (primary N) is 1. The van der Waals surface area contributed by atoms with E-state index in [2.05, 4.69) is 9.57 Å². The number of phenolic OH excluding ortho intramolecular Hbond substituents is 1. The summed E-state index contributed by atoms with van der Waals surface area (Å²) in [5.74, 6) is 3.68. The Morgan fingerprint density at radius 2 is 2.23 bits per heavy atom. The fraction of sp³-hybridized carbons (Fsp3) is 0.250. The molecule has 0 aromatic heterocycles. The van der Waals surface area contributed by atoms with Crippen molar-refractivity contribution in [2.45, 2.75) is 6.61 Å². The minimum atomic E-state index is -0.659. The predicted molar refractivity (Wildman–Crippen MR) is 43.6 cm³/mol. The van der Waals surface area contributed by atoms with Crippen LogP contribution in [0.4, 0.5) is 4.39 Å². The van der Waals surface area contributed by atoms with Crippen LogP contribution in [-0.2, 0) is 11.4 Å². The zero-order valence-corrected chi connectivity index (χ0v) is 7.08. The highest BCUT2D eigenvalue weighted by molar-refractivity contribution is 5.43. The molecule has 0 aliphatic carbocycles. The molecule has 0 aliphatic heterocycles. The van der Waals surface area contributed by atoms with Crippen molar-refractivity contribution >= 4 is 0 Å². The molecule has 1 aromatic carbocycles. The van der Waals surface area contributed by atoms with Crippen molar-refractivity contribution in [1.82, 2.24) is 0 Å². The first-order valence-electron chi connectivity index (χ1n) is 3.56. The van der Waals surface area contributed by atoms with Gasteiger partial charge in [-0.05, 0) is 12.1 Å². The summed E-state index contributed by atoms with van der Waals surface area (Å²) in [6.07, 6.45) is 0. The summed E-state index contributed by atoms with van der Waals surface area (Å²) >= 11 is 0. The Morgan fingerprint density at radius 3 is 2.77 bits per heavy atom. The molecular weight excluding hydrogens is 177 g/mol. The second-order valence-corrected chi connectivity index (χ2v) is 2.40. The smallest absolute Gasteiger partial charge is 0.196 e. The number of methoxy groups -OCH3 is 1. The predicted octanol–water partition coefficient (Wildman–Crippen LogP) is 0.930. The molecule has 0 atom stereocenters. The topological polar surface area (TPSA) is 64.7 Å². The molecule has 0 bridgehead atoms. The summed E-state index contributed by atoms with van der Waals surface area (Å²) in [4.78, 5) is 4.27. The first-order valence-corrected chi connectivity index (χ1v) is 3.56. The summed E-state index contributed by atoms with van der Waals surface area (Å²) in [5.41, 5.74) is 0.233. The van der Waals surface area contributed by atoms with Gasteiger partial charge in [0.25, 0.3) is 0 Å². The van der Waals surface area contributed by atoms with Crippen molar-refractivity contribution in [2.75, 3.05) is 7.11 Å². The number of hydrogen-bond acceptors (Lipinski definition) is 4. The monoisotopic (exact) mass is 187 g/mol. The van der Waals surface area contributed by atoms with Gasteiger partial charge in [0.15, 0.2) is 17.3 Å². The van der Waals surface area contributed by atoms with E-state index in [9.17, 15) is 4.39 Å². The lowest BCUT2D eigenvalue weighted by atomic mass is 10.2. The zero-order chi connectivity index (χ0) is 9.84. The number of phenols is 1. The van der Waals surface area contributed by atoms with Crippen LogP contribution in [-0.4, -0.2) is 12.2 Å².